The molecule has 1 heterocycles. The minimum atomic E-state index is -0.218. The number of hydrogen-bond acceptors (Lipinski definition) is 2. The van der Waals surface area contributed by atoms with Gasteiger partial charge in [-0.15, -0.1) is 0 Å². The lowest BCUT2D eigenvalue weighted by Gasteiger charge is -2.38. The van der Waals surface area contributed by atoms with Gasteiger partial charge in [-0.05, 0) is 24.8 Å². The Kier molecular flexibility index (Phi) is 4.59. The SMILES string of the molecule is Fc1c(Cl)cccc1[C@H](C1CCCC1)N1CCNCC1. The van der Waals surface area contributed by atoms with Crippen LogP contribution in [0.5, 0.6) is 0 Å². The van der Waals surface area contributed by atoms with Crippen LogP contribution in [0.1, 0.15) is 37.3 Å². The number of nitrogens with zero attached hydrogens (tertiary/aromatic N) is 1. The van der Waals surface area contributed by atoms with E-state index in [9.17, 15) is 4.39 Å². The summed E-state index contributed by atoms with van der Waals surface area (Å²) in [6, 6.07) is 5.64. The van der Waals surface area contributed by atoms with Crippen LogP contribution in [-0.2, 0) is 0 Å². The number of hydrogen-bond donors (Lipinski definition) is 1. The van der Waals surface area contributed by atoms with Crippen LogP contribution in [0.4, 0.5) is 4.39 Å². The third-order valence-electron chi connectivity index (χ3n) is 4.69. The van der Waals surface area contributed by atoms with Crippen molar-refractivity contribution in [2.24, 2.45) is 5.92 Å². The molecule has 1 aliphatic heterocycles. The lowest BCUT2D eigenvalue weighted by molar-refractivity contribution is 0.122. The monoisotopic (exact) mass is 296 g/mol. The van der Waals surface area contributed by atoms with E-state index in [-0.39, 0.29) is 16.9 Å². The Morgan fingerprint density at radius 2 is 1.90 bits per heavy atom. The van der Waals surface area contributed by atoms with Crippen molar-refractivity contribution in [2.75, 3.05) is 26.2 Å². The molecule has 110 valence electrons. The van der Waals surface area contributed by atoms with E-state index < -0.39 is 0 Å². The van der Waals surface area contributed by atoms with Crippen LogP contribution >= 0.6 is 11.6 Å². The molecule has 1 saturated heterocycles. The zero-order chi connectivity index (χ0) is 13.9. The van der Waals surface area contributed by atoms with Gasteiger partial charge >= 0.3 is 0 Å². The molecule has 0 bridgehead atoms. The first kappa shape index (κ1) is 14.3. The van der Waals surface area contributed by atoms with E-state index in [0.29, 0.717) is 5.92 Å². The van der Waals surface area contributed by atoms with Crippen LogP contribution in [0.3, 0.4) is 0 Å². The van der Waals surface area contributed by atoms with E-state index in [0.717, 1.165) is 31.7 Å². The highest BCUT2D eigenvalue weighted by Gasteiger charge is 2.33. The lowest BCUT2D eigenvalue weighted by atomic mass is 9.89. The second-order valence-electron chi connectivity index (χ2n) is 5.92. The van der Waals surface area contributed by atoms with Crippen molar-refractivity contribution in [1.29, 1.82) is 0 Å². The van der Waals surface area contributed by atoms with Crippen molar-refractivity contribution in [1.82, 2.24) is 10.2 Å². The zero-order valence-electron chi connectivity index (χ0n) is 11.7. The van der Waals surface area contributed by atoms with Crippen molar-refractivity contribution in [3.8, 4) is 0 Å². The Morgan fingerprint density at radius 3 is 2.60 bits per heavy atom. The summed E-state index contributed by atoms with van der Waals surface area (Å²) in [5.41, 5.74) is 0.798. The number of nitrogens with one attached hydrogen (secondary N) is 1. The summed E-state index contributed by atoms with van der Waals surface area (Å²) in [5, 5.41) is 3.63. The molecule has 2 nitrogen and oxygen atoms in total. The smallest absolute Gasteiger partial charge is 0.146 e. The Morgan fingerprint density at radius 1 is 1.20 bits per heavy atom. The van der Waals surface area contributed by atoms with Crippen molar-refractivity contribution >= 4 is 11.6 Å². The Balaban J connectivity index is 1.93. The zero-order valence-corrected chi connectivity index (χ0v) is 12.5. The molecule has 20 heavy (non-hydrogen) atoms. The maximum atomic E-state index is 14.5. The van der Waals surface area contributed by atoms with Crippen molar-refractivity contribution in [3.63, 3.8) is 0 Å². The molecular weight excluding hydrogens is 275 g/mol. The molecule has 0 unspecified atom stereocenters. The summed E-state index contributed by atoms with van der Waals surface area (Å²) in [6.07, 6.45) is 4.96. The molecule has 3 rings (SSSR count). The summed E-state index contributed by atoms with van der Waals surface area (Å²) in [4.78, 5) is 2.45. The van der Waals surface area contributed by atoms with Gasteiger partial charge in [-0.1, -0.05) is 36.6 Å². The maximum absolute atomic E-state index is 14.5. The van der Waals surface area contributed by atoms with Crippen LogP contribution < -0.4 is 5.32 Å². The van der Waals surface area contributed by atoms with E-state index in [1.807, 2.05) is 12.1 Å². The van der Waals surface area contributed by atoms with Gasteiger partial charge in [0.25, 0.3) is 0 Å². The molecule has 0 spiro atoms. The largest absolute Gasteiger partial charge is 0.314 e. The van der Waals surface area contributed by atoms with E-state index >= 15 is 0 Å². The fraction of sp³-hybridized carbons (Fsp3) is 0.625. The van der Waals surface area contributed by atoms with Gasteiger partial charge in [0, 0.05) is 37.8 Å². The van der Waals surface area contributed by atoms with Crippen molar-refractivity contribution in [3.05, 3.63) is 34.6 Å². The molecule has 4 heteroatoms. The van der Waals surface area contributed by atoms with E-state index in [2.05, 4.69) is 10.2 Å². The highest BCUT2D eigenvalue weighted by molar-refractivity contribution is 6.30. The normalized spacial score (nSPS) is 23.1. The third kappa shape index (κ3) is 2.85. The summed E-state index contributed by atoms with van der Waals surface area (Å²) in [6.45, 7) is 3.97. The Hall–Kier alpha value is -0.640. The summed E-state index contributed by atoms with van der Waals surface area (Å²) < 4.78 is 14.5. The highest BCUT2D eigenvalue weighted by Crippen LogP contribution is 2.41. The van der Waals surface area contributed by atoms with E-state index in [1.165, 1.54) is 25.7 Å². The molecule has 1 aromatic carbocycles. The molecule has 2 aliphatic rings. The van der Waals surface area contributed by atoms with Gasteiger partial charge in [-0.25, -0.2) is 4.39 Å². The van der Waals surface area contributed by atoms with Crippen molar-refractivity contribution < 1.29 is 4.39 Å². The fourth-order valence-electron chi connectivity index (χ4n) is 3.73. The molecule has 2 fully saturated rings. The second-order valence-corrected chi connectivity index (χ2v) is 6.33. The van der Waals surface area contributed by atoms with Gasteiger partial charge in [0.05, 0.1) is 5.02 Å². The quantitative estimate of drug-likeness (QED) is 0.916. The number of rotatable bonds is 3. The molecule has 1 saturated carbocycles. The van der Waals surface area contributed by atoms with Crippen LogP contribution in [0, 0.1) is 11.7 Å². The van der Waals surface area contributed by atoms with Gasteiger partial charge in [-0.3, -0.25) is 4.90 Å². The first-order valence-electron chi connectivity index (χ1n) is 7.66. The van der Waals surface area contributed by atoms with Crippen LogP contribution in [0.25, 0.3) is 0 Å². The number of piperazine rings is 1. The van der Waals surface area contributed by atoms with Gasteiger partial charge in [-0.2, -0.15) is 0 Å². The fourth-order valence-corrected chi connectivity index (χ4v) is 3.91. The van der Waals surface area contributed by atoms with Crippen LogP contribution in [0.2, 0.25) is 5.02 Å². The van der Waals surface area contributed by atoms with E-state index in [1.54, 1.807) is 6.07 Å². The summed E-state index contributed by atoms with van der Waals surface area (Å²) in [5.74, 6) is 0.352. The number of halogens is 2. The maximum Gasteiger partial charge on any atom is 0.146 e. The minimum Gasteiger partial charge on any atom is -0.314 e. The van der Waals surface area contributed by atoms with Crippen LogP contribution in [-0.4, -0.2) is 31.1 Å². The third-order valence-corrected chi connectivity index (χ3v) is 4.98. The van der Waals surface area contributed by atoms with Crippen LogP contribution in [0.15, 0.2) is 18.2 Å². The van der Waals surface area contributed by atoms with Gasteiger partial charge in [0.1, 0.15) is 5.82 Å². The first-order chi connectivity index (χ1) is 9.77. The molecular formula is C16H22ClFN2. The predicted octanol–water partition coefficient (Wildman–Crippen LogP) is 3.62. The molecule has 0 radical (unpaired) electrons. The Bertz CT molecular complexity index is 454. The molecule has 1 atom stereocenters. The molecule has 0 amide bonds. The average molecular weight is 297 g/mol. The second kappa shape index (κ2) is 6.42. The minimum absolute atomic E-state index is 0.193. The summed E-state index contributed by atoms with van der Waals surface area (Å²) >= 11 is 6.00. The van der Waals surface area contributed by atoms with E-state index in [4.69, 9.17) is 11.6 Å². The standard InChI is InChI=1S/C16H22ClFN2/c17-14-7-3-6-13(15(14)18)16(12-4-1-2-5-12)20-10-8-19-9-11-20/h3,6-7,12,16,19H,1-2,4-5,8-11H2/t16-/m0/s1. The molecule has 1 aromatic rings. The predicted molar refractivity (Wildman–Crippen MR) is 80.6 cm³/mol. The molecule has 1 N–H and O–H groups in total. The summed E-state index contributed by atoms with van der Waals surface area (Å²) in [7, 11) is 0. The number of benzene rings is 1. The van der Waals surface area contributed by atoms with Gasteiger partial charge in [0.15, 0.2) is 0 Å². The topological polar surface area (TPSA) is 15.3 Å². The molecule has 0 aromatic heterocycles. The highest BCUT2D eigenvalue weighted by atomic mass is 35.5. The van der Waals surface area contributed by atoms with Gasteiger partial charge < -0.3 is 5.32 Å². The first-order valence-corrected chi connectivity index (χ1v) is 8.04. The Labute approximate surface area is 125 Å². The lowest BCUT2D eigenvalue weighted by Crippen LogP contribution is -2.46. The van der Waals surface area contributed by atoms with Gasteiger partial charge in [0.2, 0.25) is 0 Å². The average Bonchev–Trinajstić information content (AvgIpc) is 2.99. The van der Waals surface area contributed by atoms with Crippen molar-refractivity contribution in [2.45, 2.75) is 31.7 Å². The molecule has 1 aliphatic carbocycles.